The molecule has 122 valence electrons. The standard InChI is InChI=1S/C18H28N2O2/c1-4-5-10-22-16-12-15(18(16,2)3)20-17(21)11-13-6-8-14(19)9-7-13/h6-9,15-16H,4-5,10-12,19H2,1-3H3,(H,20,21). The van der Waals surface area contributed by atoms with Crippen molar-refractivity contribution in [1.29, 1.82) is 0 Å². The summed E-state index contributed by atoms with van der Waals surface area (Å²) in [4.78, 5) is 12.2. The molecule has 2 unspecified atom stereocenters. The maximum atomic E-state index is 12.2. The summed E-state index contributed by atoms with van der Waals surface area (Å²) in [6, 6.07) is 7.65. The fourth-order valence-electron chi connectivity index (χ4n) is 2.85. The van der Waals surface area contributed by atoms with Crippen molar-refractivity contribution in [2.75, 3.05) is 12.3 Å². The second-order valence-corrected chi connectivity index (χ2v) is 6.81. The van der Waals surface area contributed by atoms with Gasteiger partial charge in [0.25, 0.3) is 0 Å². The minimum absolute atomic E-state index is 0.00448. The van der Waals surface area contributed by atoms with E-state index in [-0.39, 0.29) is 23.5 Å². The van der Waals surface area contributed by atoms with Crippen LogP contribution in [-0.2, 0) is 16.0 Å². The van der Waals surface area contributed by atoms with Crippen molar-refractivity contribution in [2.45, 2.75) is 58.6 Å². The van der Waals surface area contributed by atoms with Crippen molar-refractivity contribution in [3.05, 3.63) is 29.8 Å². The summed E-state index contributed by atoms with van der Waals surface area (Å²) in [6.45, 7) is 7.31. The second-order valence-electron chi connectivity index (χ2n) is 6.81. The molecule has 1 saturated carbocycles. The molecular formula is C18H28N2O2. The van der Waals surface area contributed by atoms with Gasteiger partial charge in [-0.3, -0.25) is 4.79 Å². The van der Waals surface area contributed by atoms with Crippen LogP contribution in [0.5, 0.6) is 0 Å². The quantitative estimate of drug-likeness (QED) is 0.601. The van der Waals surface area contributed by atoms with Crippen LogP contribution >= 0.6 is 0 Å². The average molecular weight is 304 g/mol. The number of rotatable bonds is 7. The molecule has 0 heterocycles. The number of ether oxygens (including phenoxy) is 1. The third-order valence-corrected chi connectivity index (χ3v) is 4.67. The number of benzene rings is 1. The Kier molecular flexibility index (Phi) is 5.46. The van der Waals surface area contributed by atoms with Crippen LogP contribution in [0, 0.1) is 5.41 Å². The number of carbonyl (C=O) groups excluding carboxylic acids is 1. The highest BCUT2D eigenvalue weighted by atomic mass is 16.5. The highest BCUT2D eigenvalue weighted by Gasteiger charge is 2.49. The van der Waals surface area contributed by atoms with Gasteiger partial charge in [-0.05, 0) is 30.5 Å². The normalized spacial score (nSPS) is 22.9. The molecule has 0 bridgehead atoms. The van der Waals surface area contributed by atoms with Gasteiger partial charge in [-0.1, -0.05) is 39.3 Å². The first-order valence-corrected chi connectivity index (χ1v) is 8.19. The van der Waals surface area contributed by atoms with Crippen LogP contribution < -0.4 is 11.1 Å². The Morgan fingerprint density at radius 3 is 2.64 bits per heavy atom. The van der Waals surface area contributed by atoms with Crippen LogP contribution in [0.1, 0.15) is 45.6 Å². The summed E-state index contributed by atoms with van der Waals surface area (Å²) < 4.78 is 5.91. The molecule has 1 amide bonds. The zero-order chi connectivity index (χ0) is 16.2. The molecule has 1 aliphatic carbocycles. The minimum atomic E-state index is 0.00448. The van der Waals surface area contributed by atoms with Gasteiger partial charge in [0.15, 0.2) is 0 Å². The fourth-order valence-corrected chi connectivity index (χ4v) is 2.85. The Morgan fingerprint density at radius 1 is 1.36 bits per heavy atom. The monoisotopic (exact) mass is 304 g/mol. The molecule has 4 nitrogen and oxygen atoms in total. The summed E-state index contributed by atoms with van der Waals surface area (Å²) in [5, 5.41) is 3.14. The highest BCUT2D eigenvalue weighted by molar-refractivity contribution is 5.79. The van der Waals surface area contributed by atoms with Gasteiger partial charge in [-0.2, -0.15) is 0 Å². The summed E-state index contributed by atoms with van der Waals surface area (Å²) >= 11 is 0. The lowest BCUT2D eigenvalue weighted by Gasteiger charge is -2.51. The number of nitrogens with two attached hydrogens (primary N) is 1. The largest absolute Gasteiger partial charge is 0.399 e. The van der Waals surface area contributed by atoms with E-state index in [1.165, 1.54) is 0 Å². The molecule has 1 aromatic rings. The van der Waals surface area contributed by atoms with E-state index in [9.17, 15) is 4.79 Å². The Bertz CT molecular complexity index is 496. The van der Waals surface area contributed by atoms with Gasteiger partial charge < -0.3 is 15.8 Å². The van der Waals surface area contributed by atoms with Crippen LogP contribution in [0.3, 0.4) is 0 Å². The molecule has 0 saturated heterocycles. The summed E-state index contributed by atoms with van der Waals surface area (Å²) in [5.41, 5.74) is 7.36. The first kappa shape index (κ1) is 16.8. The molecule has 0 aromatic heterocycles. The maximum Gasteiger partial charge on any atom is 0.224 e. The van der Waals surface area contributed by atoms with Gasteiger partial charge in [0.05, 0.1) is 12.5 Å². The second kappa shape index (κ2) is 7.14. The number of hydrogen-bond donors (Lipinski definition) is 2. The summed E-state index contributed by atoms with van der Waals surface area (Å²) in [6.07, 6.45) is 3.80. The summed E-state index contributed by atoms with van der Waals surface area (Å²) in [5.74, 6) is 0.0647. The van der Waals surface area contributed by atoms with E-state index in [4.69, 9.17) is 10.5 Å². The van der Waals surface area contributed by atoms with Gasteiger partial charge >= 0.3 is 0 Å². The fraction of sp³-hybridized carbons (Fsp3) is 0.611. The number of hydrogen-bond acceptors (Lipinski definition) is 3. The highest BCUT2D eigenvalue weighted by Crippen LogP contribution is 2.42. The van der Waals surface area contributed by atoms with Crippen molar-refractivity contribution < 1.29 is 9.53 Å². The molecule has 1 aromatic carbocycles. The van der Waals surface area contributed by atoms with Crippen LogP contribution in [-0.4, -0.2) is 24.7 Å². The van der Waals surface area contributed by atoms with E-state index in [1.807, 2.05) is 24.3 Å². The Hall–Kier alpha value is -1.55. The number of amides is 1. The molecule has 1 aliphatic rings. The third kappa shape index (κ3) is 4.01. The molecule has 0 spiro atoms. The lowest BCUT2D eigenvalue weighted by molar-refractivity contribution is -0.137. The van der Waals surface area contributed by atoms with Gasteiger partial charge in [-0.15, -0.1) is 0 Å². The van der Waals surface area contributed by atoms with E-state index in [0.717, 1.165) is 37.1 Å². The van der Waals surface area contributed by atoms with E-state index in [0.29, 0.717) is 6.42 Å². The lowest BCUT2D eigenvalue weighted by atomic mass is 9.64. The van der Waals surface area contributed by atoms with Crippen molar-refractivity contribution >= 4 is 11.6 Å². The Morgan fingerprint density at radius 2 is 2.05 bits per heavy atom. The van der Waals surface area contributed by atoms with Crippen LogP contribution in [0.4, 0.5) is 5.69 Å². The van der Waals surface area contributed by atoms with E-state index >= 15 is 0 Å². The van der Waals surface area contributed by atoms with E-state index in [2.05, 4.69) is 26.1 Å². The van der Waals surface area contributed by atoms with Gasteiger partial charge in [0, 0.05) is 23.8 Å². The summed E-state index contributed by atoms with van der Waals surface area (Å²) in [7, 11) is 0. The average Bonchev–Trinajstić information content (AvgIpc) is 2.48. The number of nitrogen functional groups attached to an aromatic ring is 1. The molecule has 22 heavy (non-hydrogen) atoms. The van der Waals surface area contributed by atoms with Crippen molar-refractivity contribution in [1.82, 2.24) is 5.32 Å². The zero-order valence-corrected chi connectivity index (χ0v) is 13.9. The zero-order valence-electron chi connectivity index (χ0n) is 13.9. The molecule has 1 fully saturated rings. The minimum Gasteiger partial charge on any atom is -0.399 e. The Balaban J connectivity index is 1.79. The van der Waals surface area contributed by atoms with Crippen molar-refractivity contribution in [3.63, 3.8) is 0 Å². The third-order valence-electron chi connectivity index (χ3n) is 4.67. The van der Waals surface area contributed by atoms with Crippen LogP contribution in [0.2, 0.25) is 0 Å². The topological polar surface area (TPSA) is 64.3 Å². The predicted octanol–water partition coefficient (Wildman–Crippen LogP) is 2.91. The molecule has 3 N–H and O–H groups in total. The van der Waals surface area contributed by atoms with E-state index in [1.54, 1.807) is 0 Å². The number of nitrogens with one attached hydrogen (secondary N) is 1. The first-order valence-electron chi connectivity index (χ1n) is 8.19. The maximum absolute atomic E-state index is 12.2. The molecule has 2 atom stereocenters. The number of unbranched alkanes of at least 4 members (excludes halogenated alkanes) is 1. The number of anilines is 1. The van der Waals surface area contributed by atoms with Gasteiger partial charge in [0.2, 0.25) is 5.91 Å². The van der Waals surface area contributed by atoms with Crippen LogP contribution in [0.15, 0.2) is 24.3 Å². The Labute approximate surface area is 133 Å². The smallest absolute Gasteiger partial charge is 0.224 e. The van der Waals surface area contributed by atoms with Crippen LogP contribution in [0.25, 0.3) is 0 Å². The first-order chi connectivity index (χ1) is 10.4. The van der Waals surface area contributed by atoms with Crippen molar-refractivity contribution in [2.24, 2.45) is 5.41 Å². The van der Waals surface area contributed by atoms with Gasteiger partial charge in [0.1, 0.15) is 0 Å². The molecule has 4 heteroatoms. The van der Waals surface area contributed by atoms with Gasteiger partial charge in [-0.25, -0.2) is 0 Å². The molecule has 0 aliphatic heterocycles. The molecular weight excluding hydrogens is 276 g/mol. The van der Waals surface area contributed by atoms with Crippen molar-refractivity contribution in [3.8, 4) is 0 Å². The molecule has 0 radical (unpaired) electrons. The predicted molar refractivity (Wildman–Crippen MR) is 89.5 cm³/mol. The lowest BCUT2D eigenvalue weighted by Crippen LogP contribution is -2.62. The molecule has 2 rings (SSSR count). The van der Waals surface area contributed by atoms with E-state index < -0.39 is 0 Å². The SMILES string of the molecule is CCCCOC1CC(NC(=O)Cc2ccc(N)cc2)C1(C)C. The number of carbonyl (C=O) groups is 1.